The summed E-state index contributed by atoms with van der Waals surface area (Å²) in [6.45, 7) is 6.33. The predicted molar refractivity (Wildman–Crippen MR) is 104 cm³/mol. The molecule has 29 heavy (non-hydrogen) atoms. The van der Waals surface area contributed by atoms with Crippen LogP contribution in [0, 0.1) is 22.7 Å². The van der Waals surface area contributed by atoms with Crippen molar-refractivity contribution in [3.63, 3.8) is 0 Å². The van der Waals surface area contributed by atoms with Crippen molar-refractivity contribution in [3.05, 3.63) is 23.8 Å². The summed E-state index contributed by atoms with van der Waals surface area (Å²) in [6, 6.07) is 0. The molecule has 7 atom stereocenters. The fourth-order valence-corrected chi connectivity index (χ4v) is 7.07. The highest BCUT2D eigenvalue weighted by Gasteiger charge is 2.74. The molecule has 1 unspecified atom stereocenters. The molecule has 0 aliphatic heterocycles. The van der Waals surface area contributed by atoms with Gasteiger partial charge in [0, 0.05) is 30.1 Å². The minimum Gasteiger partial charge on any atom is -0.451 e. The third-order valence-corrected chi connectivity index (χ3v) is 8.61. The van der Waals surface area contributed by atoms with Crippen LogP contribution >= 0.6 is 0 Å². The number of fused-ring (bicyclic) bond motifs is 5. The number of allylic oxidation sites excluding steroid dienone is 4. The molecule has 0 radical (unpaired) electrons. The van der Waals surface area contributed by atoms with E-state index in [1.165, 1.54) is 19.9 Å². The zero-order valence-electron chi connectivity index (χ0n) is 17.5. The third-order valence-electron chi connectivity index (χ3n) is 8.61. The number of carbonyl (C=O) groups is 3. The summed E-state index contributed by atoms with van der Waals surface area (Å²) in [6.07, 6.45) is 5.24. The lowest BCUT2D eigenvalue weighted by atomic mass is 9.45. The van der Waals surface area contributed by atoms with Crippen LogP contribution in [0.3, 0.4) is 0 Å². The molecule has 4 rings (SSSR count). The van der Waals surface area contributed by atoms with Gasteiger partial charge in [0.1, 0.15) is 0 Å². The summed E-state index contributed by atoms with van der Waals surface area (Å²) < 4.78 is 22.6. The van der Waals surface area contributed by atoms with E-state index in [1.807, 2.05) is 13.0 Å². The Morgan fingerprint density at radius 2 is 1.93 bits per heavy atom. The number of ether oxygens (including phenoxy) is 1. The van der Waals surface area contributed by atoms with Crippen LogP contribution in [0.25, 0.3) is 0 Å². The first-order chi connectivity index (χ1) is 13.4. The number of halogens is 1. The van der Waals surface area contributed by atoms with Crippen LogP contribution in [0.15, 0.2) is 23.8 Å². The lowest BCUT2D eigenvalue weighted by molar-refractivity contribution is -0.217. The van der Waals surface area contributed by atoms with Gasteiger partial charge in [0.25, 0.3) is 0 Å². The first kappa shape index (κ1) is 20.5. The van der Waals surface area contributed by atoms with E-state index in [0.717, 1.165) is 0 Å². The summed E-state index contributed by atoms with van der Waals surface area (Å²) in [4.78, 5) is 36.5. The molecule has 0 spiro atoms. The normalized spacial score (nSPS) is 48.3. The molecule has 0 aromatic heterocycles. The summed E-state index contributed by atoms with van der Waals surface area (Å²) in [5.74, 6) is -1.71. The van der Waals surface area contributed by atoms with Gasteiger partial charge in [-0.15, -0.1) is 0 Å². The molecule has 4 aliphatic carbocycles. The Morgan fingerprint density at radius 1 is 1.24 bits per heavy atom. The van der Waals surface area contributed by atoms with Crippen LogP contribution in [0.1, 0.15) is 59.8 Å². The molecule has 2 saturated carbocycles. The van der Waals surface area contributed by atoms with Gasteiger partial charge in [-0.05, 0) is 50.2 Å². The summed E-state index contributed by atoms with van der Waals surface area (Å²) in [5.41, 5.74) is -4.49. The maximum Gasteiger partial charge on any atom is 0.303 e. The second-order valence-electron chi connectivity index (χ2n) is 9.81. The van der Waals surface area contributed by atoms with Gasteiger partial charge >= 0.3 is 5.97 Å². The number of hydrogen-bond acceptors (Lipinski definition) is 5. The SMILES string of the molecule is CC(=O)O[C@]1(C(C)=O)CC[C@H]2[C@@H]3C=CC4=CC(=O)CC[C@]4(C)[C@@]3(F)C(O)C[C@@]21C. The van der Waals surface area contributed by atoms with E-state index >= 15 is 4.39 Å². The molecule has 0 bridgehead atoms. The highest BCUT2D eigenvalue weighted by molar-refractivity contribution is 5.92. The van der Waals surface area contributed by atoms with E-state index in [4.69, 9.17) is 4.74 Å². The van der Waals surface area contributed by atoms with Gasteiger partial charge in [0.05, 0.1) is 6.10 Å². The molecule has 0 aromatic rings. The number of carbonyl (C=O) groups excluding carboxylic acids is 3. The minimum absolute atomic E-state index is 0.0226. The van der Waals surface area contributed by atoms with Gasteiger partial charge in [0.2, 0.25) is 0 Å². The van der Waals surface area contributed by atoms with Crippen molar-refractivity contribution < 1.29 is 28.6 Å². The average Bonchev–Trinajstić information content (AvgIpc) is 2.90. The topological polar surface area (TPSA) is 80.7 Å². The zero-order valence-corrected chi connectivity index (χ0v) is 17.5. The zero-order chi connectivity index (χ0) is 21.4. The fraction of sp³-hybridized carbons (Fsp3) is 0.696. The van der Waals surface area contributed by atoms with Gasteiger partial charge in [-0.2, -0.15) is 0 Å². The molecule has 0 heterocycles. The van der Waals surface area contributed by atoms with Crippen molar-refractivity contribution in [3.8, 4) is 0 Å². The van der Waals surface area contributed by atoms with Gasteiger partial charge < -0.3 is 9.84 Å². The van der Waals surface area contributed by atoms with Crippen LogP contribution in [0.5, 0.6) is 0 Å². The maximum absolute atomic E-state index is 16.9. The van der Waals surface area contributed by atoms with Crippen LogP contribution in [0.2, 0.25) is 0 Å². The monoisotopic (exact) mass is 404 g/mol. The van der Waals surface area contributed by atoms with Gasteiger partial charge in [-0.3, -0.25) is 14.4 Å². The Morgan fingerprint density at radius 3 is 2.55 bits per heavy atom. The predicted octanol–water partition coefficient (Wildman–Crippen LogP) is 3.25. The molecule has 4 aliphatic rings. The smallest absolute Gasteiger partial charge is 0.303 e. The molecule has 1 N–H and O–H groups in total. The van der Waals surface area contributed by atoms with Gasteiger partial charge in [0.15, 0.2) is 22.8 Å². The van der Waals surface area contributed by atoms with Crippen molar-refractivity contribution in [2.75, 3.05) is 0 Å². The number of rotatable bonds is 2. The number of Topliss-reactive ketones (excluding diaryl/α,β-unsaturated/α-hetero) is 1. The van der Waals surface area contributed by atoms with Gasteiger partial charge in [-0.25, -0.2) is 4.39 Å². The van der Waals surface area contributed by atoms with E-state index < -0.39 is 40.1 Å². The summed E-state index contributed by atoms with van der Waals surface area (Å²) in [7, 11) is 0. The first-order valence-electron chi connectivity index (χ1n) is 10.4. The summed E-state index contributed by atoms with van der Waals surface area (Å²) in [5, 5.41) is 11.2. The van der Waals surface area contributed by atoms with Crippen LogP contribution in [-0.2, 0) is 19.1 Å². The van der Waals surface area contributed by atoms with E-state index in [2.05, 4.69) is 0 Å². The largest absolute Gasteiger partial charge is 0.451 e. The number of esters is 1. The second kappa shape index (κ2) is 6.10. The second-order valence-corrected chi connectivity index (χ2v) is 9.81. The molecular formula is C23H29FO5. The van der Waals surface area contributed by atoms with Crippen LogP contribution < -0.4 is 0 Å². The Bertz CT molecular complexity index is 861. The average molecular weight is 404 g/mol. The lowest BCUT2D eigenvalue weighted by Gasteiger charge is -2.61. The Kier molecular flexibility index (Phi) is 4.30. The first-order valence-corrected chi connectivity index (χ1v) is 10.4. The van der Waals surface area contributed by atoms with Crippen molar-refractivity contribution in [2.24, 2.45) is 22.7 Å². The molecule has 158 valence electrons. The molecule has 5 nitrogen and oxygen atoms in total. The number of aliphatic hydroxyl groups is 1. The molecular weight excluding hydrogens is 375 g/mol. The van der Waals surface area contributed by atoms with Crippen molar-refractivity contribution in [1.29, 1.82) is 0 Å². The Labute approximate surface area is 170 Å². The minimum atomic E-state index is -1.94. The molecule has 0 aromatic carbocycles. The van der Waals surface area contributed by atoms with E-state index in [0.29, 0.717) is 24.8 Å². The van der Waals surface area contributed by atoms with Crippen LogP contribution in [-0.4, -0.2) is 40.0 Å². The molecule has 0 saturated heterocycles. The molecule has 6 heteroatoms. The van der Waals surface area contributed by atoms with E-state index in [-0.39, 0.29) is 30.3 Å². The Balaban J connectivity index is 1.86. The Hall–Kier alpha value is -1.82. The van der Waals surface area contributed by atoms with Crippen molar-refractivity contribution >= 4 is 17.5 Å². The number of ketones is 2. The highest BCUT2D eigenvalue weighted by atomic mass is 19.1. The summed E-state index contributed by atoms with van der Waals surface area (Å²) >= 11 is 0. The maximum atomic E-state index is 16.9. The number of hydrogen-bond donors (Lipinski definition) is 1. The fourth-order valence-electron chi connectivity index (χ4n) is 7.07. The number of alkyl halides is 1. The van der Waals surface area contributed by atoms with E-state index in [9.17, 15) is 19.5 Å². The standard InChI is InChI=1S/C23H29FO5/c1-13(25)22(29-14(2)26)10-8-17-18-6-5-15-11-16(27)7-9-20(15,3)23(18,24)19(28)12-21(17,22)4/h5-6,11,17-19,28H,7-10,12H2,1-4H3/t17-,18-,19?,20-,21-,22-,23-/m0/s1. The van der Waals surface area contributed by atoms with Crippen LogP contribution in [0.4, 0.5) is 4.39 Å². The van der Waals surface area contributed by atoms with Crippen molar-refractivity contribution in [1.82, 2.24) is 0 Å². The molecule has 0 amide bonds. The van der Waals surface area contributed by atoms with E-state index in [1.54, 1.807) is 13.0 Å². The third kappa shape index (κ3) is 2.32. The lowest BCUT2D eigenvalue weighted by Crippen LogP contribution is -2.68. The highest BCUT2D eigenvalue weighted by Crippen LogP contribution is 2.69. The quantitative estimate of drug-likeness (QED) is 0.715. The molecule has 2 fully saturated rings. The van der Waals surface area contributed by atoms with Crippen molar-refractivity contribution in [2.45, 2.75) is 77.2 Å². The van der Waals surface area contributed by atoms with Gasteiger partial charge in [-0.1, -0.05) is 26.0 Å². The number of aliphatic hydroxyl groups excluding tert-OH is 1.